The number of ether oxygens (including phenoxy) is 1. The van der Waals surface area contributed by atoms with Gasteiger partial charge in [-0.05, 0) is 56.8 Å². The third kappa shape index (κ3) is 5.34. The molecule has 2 rings (SSSR count). The lowest BCUT2D eigenvalue weighted by Gasteiger charge is -2.26. The zero-order valence-electron chi connectivity index (χ0n) is 12.4. The molecule has 1 saturated carbocycles. The average Bonchev–Trinajstić information content (AvgIpc) is 2.49. The summed E-state index contributed by atoms with van der Waals surface area (Å²) >= 11 is 11.9. The van der Waals surface area contributed by atoms with Gasteiger partial charge in [0.2, 0.25) is 0 Å². The second-order valence-corrected chi connectivity index (χ2v) is 6.46. The molecule has 0 unspecified atom stereocenters. The van der Waals surface area contributed by atoms with E-state index in [1.807, 2.05) is 0 Å². The number of carboxylic acid groups (broad SMARTS) is 1. The summed E-state index contributed by atoms with van der Waals surface area (Å²) in [5.41, 5.74) is 0. The Morgan fingerprint density at radius 3 is 2.64 bits per heavy atom. The van der Waals surface area contributed by atoms with Gasteiger partial charge in [0, 0.05) is 11.1 Å². The molecule has 0 radical (unpaired) electrons. The minimum atomic E-state index is -0.660. The van der Waals surface area contributed by atoms with Crippen molar-refractivity contribution < 1.29 is 14.6 Å². The van der Waals surface area contributed by atoms with Gasteiger partial charge in [0.1, 0.15) is 5.75 Å². The van der Waals surface area contributed by atoms with E-state index in [2.05, 4.69) is 5.32 Å². The molecule has 0 aliphatic heterocycles. The van der Waals surface area contributed by atoms with Crippen LogP contribution in [0.4, 0.5) is 0 Å². The first-order valence-electron chi connectivity index (χ1n) is 7.60. The van der Waals surface area contributed by atoms with Crippen LogP contribution >= 0.6 is 23.2 Å². The molecule has 0 amide bonds. The van der Waals surface area contributed by atoms with Gasteiger partial charge in [-0.2, -0.15) is 0 Å². The molecule has 22 heavy (non-hydrogen) atoms. The molecular weight excluding hydrogens is 325 g/mol. The Labute approximate surface area is 140 Å². The van der Waals surface area contributed by atoms with Crippen LogP contribution in [0.2, 0.25) is 10.0 Å². The normalized spacial score (nSPS) is 21.5. The number of hydrogen-bond donors (Lipinski definition) is 2. The Kier molecular flexibility index (Phi) is 6.80. The van der Waals surface area contributed by atoms with E-state index in [1.54, 1.807) is 18.2 Å². The van der Waals surface area contributed by atoms with Gasteiger partial charge < -0.3 is 15.2 Å². The fourth-order valence-electron chi connectivity index (χ4n) is 2.70. The molecule has 1 aliphatic rings. The maximum Gasteiger partial charge on any atom is 0.306 e. The SMILES string of the molecule is O=C(O)C1CCC(NCCCOc2ccc(Cl)cc2Cl)CC1. The summed E-state index contributed by atoms with van der Waals surface area (Å²) in [6, 6.07) is 5.61. The number of halogens is 2. The van der Waals surface area contributed by atoms with Crippen LogP contribution in [-0.4, -0.2) is 30.3 Å². The first-order chi connectivity index (χ1) is 10.6. The summed E-state index contributed by atoms with van der Waals surface area (Å²) in [6.45, 7) is 1.44. The predicted octanol–water partition coefficient (Wildman–Crippen LogP) is 4.00. The highest BCUT2D eigenvalue weighted by Crippen LogP contribution is 2.27. The van der Waals surface area contributed by atoms with Crippen molar-refractivity contribution in [1.82, 2.24) is 5.32 Å². The number of carboxylic acids is 1. The van der Waals surface area contributed by atoms with Crippen molar-refractivity contribution in [3.05, 3.63) is 28.2 Å². The van der Waals surface area contributed by atoms with Crippen molar-refractivity contribution in [3.63, 3.8) is 0 Å². The largest absolute Gasteiger partial charge is 0.492 e. The van der Waals surface area contributed by atoms with Crippen molar-refractivity contribution in [2.45, 2.75) is 38.1 Å². The third-order valence-corrected chi connectivity index (χ3v) is 4.51. The number of aliphatic carboxylic acids is 1. The van der Waals surface area contributed by atoms with Crippen LogP contribution in [0.3, 0.4) is 0 Å². The van der Waals surface area contributed by atoms with E-state index >= 15 is 0 Å². The van der Waals surface area contributed by atoms with Crippen LogP contribution in [0.15, 0.2) is 18.2 Å². The monoisotopic (exact) mass is 345 g/mol. The molecule has 0 saturated heterocycles. The van der Waals surface area contributed by atoms with Crippen LogP contribution in [0.25, 0.3) is 0 Å². The summed E-state index contributed by atoms with van der Waals surface area (Å²) in [5.74, 6) is -0.173. The van der Waals surface area contributed by atoms with Crippen LogP contribution in [0.5, 0.6) is 5.75 Å². The highest BCUT2D eigenvalue weighted by Gasteiger charge is 2.25. The lowest BCUT2D eigenvalue weighted by Crippen LogP contribution is -2.35. The Morgan fingerprint density at radius 2 is 2.00 bits per heavy atom. The smallest absolute Gasteiger partial charge is 0.306 e. The van der Waals surface area contributed by atoms with E-state index in [0.717, 1.165) is 38.6 Å². The van der Waals surface area contributed by atoms with E-state index < -0.39 is 5.97 Å². The molecule has 1 aromatic rings. The van der Waals surface area contributed by atoms with Crippen LogP contribution < -0.4 is 10.1 Å². The van der Waals surface area contributed by atoms with Crippen molar-refractivity contribution in [2.75, 3.05) is 13.2 Å². The lowest BCUT2D eigenvalue weighted by atomic mass is 9.86. The molecule has 0 spiro atoms. The molecule has 0 aromatic heterocycles. The second kappa shape index (κ2) is 8.61. The van der Waals surface area contributed by atoms with E-state index in [4.69, 9.17) is 33.0 Å². The third-order valence-electron chi connectivity index (χ3n) is 3.98. The van der Waals surface area contributed by atoms with Gasteiger partial charge in [-0.15, -0.1) is 0 Å². The average molecular weight is 346 g/mol. The predicted molar refractivity (Wildman–Crippen MR) is 88.0 cm³/mol. The van der Waals surface area contributed by atoms with Crippen molar-refractivity contribution in [2.24, 2.45) is 5.92 Å². The number of carbonyl (C=O) groups is 1. The molecule has 122 valence electrons. The van der Waals surface area contributed by atoms with Crippen molar-refractivity contribution in [3.8, 4) is 5.75 Å². The highest BCUT2D eigenvalue weighted by atomic mass is 35.5. The first-order valence-corrected chi connectivity index (χ1v) is 8.36. The first kappa shape index (κ1) is 17.4. The maximum atomic E-state index is 10.9. The van der Waals surface area contributed by atoms with Gasteiger partial charge in [0.25, 0.3) is 0 Å². The summed E-state index contributed by atoms with van der Waals surface area (Å²) < 4.78 is 5.62. The zero-order chi connectivity index (χ0) is 15.9. The van der Waals surface area contributed by atoms with E-state index in [-0.39, 0.29) is 5.92 Å². The standard InChI is InChI=1S/C16H21Cl2NO3/c17-12-4-7-15(14(18)10-12)22-9-1-8-19-13-5-2-11(3-6-13)16(20)21/h4,7,10-11,13,19H,1-3,5-6,8-9H2,(H,20,21). The van der Waals surface area contributed by atoms with Crippen LogP contribution in [0, 0.1) is 5.92 Å². The summed E-state index contributed by atoms with van der Waals surface area (Å²) in [7, 11) is 0. The van der Waals surface area contributed by atoms with Crippen molar-refractivity contribution >= 4 is 29.2 Å². The van der Waals surface area contributed by atoms with Gasteiger partial charge in [0.05, 0.1) is 17.5 Å². The van der Waals surface area contributed by atoms with Gasteiger partial charge in [-0.25, -0.2) is 0 Å². The molecule has 0 bridgehead atoms. The fourth-order valence-corrected chi connectivity index (χ4v) is 3.16. The summed E-state index contributed by atoms with van der Waals surface area (Å²) in [6.07, 6.45) is 4.27. The fraction of sp³-hybridized carbons (Fsp3) is 0.562. The lowest BCUT2D eigenvalue weighted by molar-refractivity contribution is -0.142. The number of benzene rings is 1. The summed E-state index contributed by atoms with van der Waals surface area (Å²) in [4.78, 5) is 10.9. The van der Waals surface area contributed by atoms with E-state index in [0.29, 0.717) is 28.4 Å². The van der Waals surface area contributed by atoms with Gasteiger partial charge in [-0.3, -0.25) is 4.79 Å². The minimum absolute atomic E-state index is 0.159. The van der Waals surface area contributed by atoms with Crippen LogP contribution in [-0.2, 0) is 4.79 Å². The zero-order valence-corrected chi connectivity index (χ0v) is 13.9. The number of rotatable bonds is 7. The molecule has 1 aliphatic carbocycles. The topological polar surface area (TPSA) is 58.6 Å². The quantitative estimate of drug-likeness (QED) is 0.733. The second-order valence-electron chi connectivity index (χ2n) is 5.62. The molecule has 0 atom stereocenters. The highest BCUT2D eigenvalue weighted by molar-refractivity contribution is 6.35. The van der Waals surface area contributed by atoms with E-state index in [1.165, 1.54) is 0 Å². The Bertz CT molecular complexity index is 502. The molecule has 6 heteroatoms. The number of nitrogens with one attached hydrogen (secondary N) is 1. The molecular formula is C16H21Cl2NO3. The summed E-state index contributed by atoms with van der Waals surface area (Å²) in [5, 5.41) is 13.5. The molecule has 1 aromatic carbocycles. The molecule has 2 N–H and O–H groups in total. The Balaban J connectivity index is 1.59. The molecule has 4 nitrogen and oxygen atoms in total. The van der Waals surface area contributed by atoms with Crippen LogP contribution in [0.1, 0.15) is 32.1 Å². The number of hydrogen-bond acceptors (Lipinski definition) is 3. The Hall–Kier alpha value is -0.970. The molecule has 0 heterocycles. The van der Waals surface area contributed by atoms with Crippen molar-refractivity contribution in [1.29, 1.82) is 0 Å². The Morgan fingerprint density at radius 1 is 1.27 bits per heavy atom. The maximum absolute atomic E-state index is 10.9. The van der Waals surface area contributed by atoms with Gasteiger partial charge in [0.15, 0.2) is 0 Å². The minimum Gasteiger partial charge on any atom is -0.492 e. The van der Waals surface area contributed by atoms with Gasteiger partial charge >= 0.3 is 5.97 Å². The van der Waals surface area contributed by atoms with E-state index in [9.17, 15) is 4.79 Å². The molecule has 1 fully saturated rings. The van der Waals surface area contributed by atoms with Gasteiger partial charge in [-0.1, -0.05) is 23.2 Å².